The van der Waals surface area contributed by atoms with Crippen LogP contribution < -0.4 is 10.5 Å². The molecular weight excluding hydrogens is 357 g/mol. The van der Waals surface area contributed by atoms with Gasteiger partial charge in [0, 0.05) is 31.6 Å². The van der Waals surface area contributed by atoms with Gasteiger partial charge in [-0.3, -0.25) is 4.79 Å². The molecule has 24 heavy (non-hydrogen) atoms. The standard InChI is InChI=1S/C15H22FN3O3S.ClH/c1-11(10-17)15(20)19-8-6-13(7-9-19)18-23(21,22)14-4-2-12(16)3-5-14;/h2-5,11,13,18H,6-10,17H2,1H3;1H. The highest BCUT2D eigenvalue weighted by molar-refractivity contribution is 7.89. The zero-order chi connectivity index (χ0) is 17.0. The number of likely N-dealkylation sites (tertiary alicyclic amines) is 1. The highest BCUT2D eigenvalue weighted by Crippen LogP contribution is 2.16. The van der Waals surface area contributed by atoms with E-state index in [9.17, 15) is 17.6 Å². The lowest BCUT2D eigenvalue weighted by molar-refractivity contribution is -0.135. The average molecular weight is 380 g/mol. The molecule has 0 saturated carbocycles. The predicted molar refractivity (Wildman–Crippen MR) is 91.8 cm³/mol. The molecule has 1 aromatic carbocycles. The Balaban J connectivity index is 0.00000288. The molecule has 0 radical (unpaired) electrons. The van der Waals surface area contributed by atoms with E-state index < -0.39 is 15.8 Å². The molecule has 1 aromatic rings. The summed E-state index contributed by atoms with van der Waals surface area (Å²) in [5.41, 5.74) is 5.50. The number of halogens is 2. The molecule has 0 spiro atoms. The van der Waals surface area contributed by atoms with Crippen LogP contribution in [0.1, 0.15) is 19.8 Å². The normalized spacial score (nSPS) is 17.2. The number of nitrogens with one attached hydrogen (secondary N) is 1. The average Bonchev–Trinajstić information content (AvgIpc) is 2.54. The van der Waals surface area contributed by atoms with E-state index in [1.165, 1.54) is 12.1 Å². The van der Waals surface area contributed by atoms with Gasteiger partial charge in [0.2, 0.25) is 15.9 Å². The minimum absolute atomic E-state index is 0. The van der Waals surface area contributed by atoms with E-state index in [0.29, 0.717) is 32.5 Å². The summed E-state index contributed by atoms with van der Waals surface area (Å²) in [6.07, 6.45) is 1.09. The number of benzene rings is 1. The summed E-state index contributed by atoms with van der Waals surface area (Å²) in [5.74, 6) is -0.695. The van der Waals surface area contributed by atoms with E-state index in [1.807, 2.05) is 0 Å². The minimum atomic E-state index is -3.68. The van der Waals surface area contributed by atoms with Gasteiger partial charge in [0.1, 0.15) is 5.82 Å². The summed E-state index contributed by atoms with van der Waals surface area (Å²) in [6, 6.07) is 4.47. The van der Waals surface area contributed by atoms with Gasteiger partial charge in [-0.25, -0.2) is 17.5 Å². The maximum atomic E-state index is 12.9. The van der Waals surface area contributed by atoms with Gasteiger partial charge in [-0.15, -0.1) is 12.4 Å². The van der Waals surface area contributed by atoms with Gasteiger partial charge in [0.05, 0.1) is 4.90 Å². The van der Waals surface area contributed by atoms with Crippen molar-refractivity contribution in [2.45, 2.75) is 30.7 Å². The van der Waals surface area contributed by atoms with Crippen molar-refractivity contribution in [3.05, 3.63) is 30.1 Å². The van der Waals surface area contributed by atoms with Gasteiger partial charge in [0.15, 0.2) is 0 Å². The Kier molecular flexibility index (Phi) is 7.59. The first-order valence-corrected chi connectivity index (χ1v) is 9.08. The first-order valence-electron chi connectivity index (χ1n) is 7.60. The molecule has 1 unspecified atom stereocenters. The van der Waals surface area contributed by atoms with E-state index in [0.717, 1.165) is 12.1 Å². The van der Waals surface area contributed by atoms with E-state index >= 15 is 0 Å². The second-order valence-corrected chi connectivity index (χ2v) is 7.53. The third kappa shape index (κ3) is 5.14. The van der Waals surface area contributed by atoms with Gasteiger partial charge in [-0.05, 0) is 37.1 Å². The second kappa shape index (κ2) is 8.75. The van der Waals surface area contributed by atoms with Crippen LogP contribution in [0.3, 0.4) is 0 Å². The molecule has 0 aromatic heterocycles. The molecule has 0 bridgehead atoms. The van der Waals surface area contributed by atoms with Crippen molar-refractivity contribution < 1.29 is 17.6 Å². The molecule has 1 aliphatic heterocycles. The lowest BCUT2D eigenvalue weighted by Crippen LogP contribution is -2.48. The van der Waals surface area contributed by atoms with Crippen molar-refractivity contribution in [3.63, 3.8) is 0 Å². The summed E-state index contributed by atoms with van der Waals surface area (Å²) in [6.45, 7) is 3.08. The number of hydrogen-bond donors (Lipinski definition) is 2. The summed E-state index contributed by atoms with van der Waals surface area (Å²) in [4.78, 5) is 13.8. The van der Waals surface area contributed by atoms with Crippen LogP contribution >= 0.6 is 12.4 Å². The van der Waals surface area contributed by atoms with Gasteiger partial charge >= 0.3 is 0 Å². The lowest BCUT2D eigenvalue weighted by Gasteiger charge is -2.33. The van der Waals surface area contributed by atoms with Gasteiger partial charge in [-0.2, -0.15) is 0 Å². The Bertz CT molecular complexity index is 646. The molecule has 136 valence electrons. The molecule has 1 aliphatic rings. The largest absolute Gasteiger partial charge is 0.342 e. The van der Waals surface area contributed by atoms with Crippen LogP contribution in [0.4, 0.5) is 4.39 Å². The van der Waals surface area contributed by atoms with E-state index in [2.05, 4.69) is 4.72 Å². The quantitative estimate of drug-likeness (QED) is 0.801. The van der Waals surface area contributed by atoms with Crippen molar-refractivity contribution in [3.8, 4) is 0 Å². The number of carbonyl (C=O) groups excluding carboxylic acids is 1. The van der Waals surface area contributed by atoms with Crippen molar-refractivity contribution in [2.24, 2.45) is 11.7 Å². The maximum absolute atomic E-state index is 12.9. The number of hydrogen-bond acceptors (Lipinski definition) is 4. The van der Waals surface area contributed by atoms with Gasteiger partial charge in [0.25, 0.3) is 0 Å². The molecule has 6 nitrogen and oxygen atoms in total. The lowest BCUT2D eigenvalue weighted by atomic mass is 10.0. The van der Waals surface area contributed by atoms with Crippen molar-refractivity contribution in [1.29, 1.82) is 0 Å². The molecule has 1 saturated heterocycles. The molecule has 3 N–H and O–H groups in total. The Morgan fingerprint density at radius 3 is 2.38 bits per heavy atom. The molecule has 1 fully saturated rings. The van der Waals surface area contributed by atoms with Crippen LogP contribution in [0.2, 0.25) is 0 Å². The highest BCUT2D eigenvalue weighted by atomic mass is 35.5. The number of amides is 1. The zero-order valence-electron chi connectivity index (χ0n) is 13.4. The predicted octanol–water partition coefficient (Wildman–Crippen LogP) is 1.11. The van der Waals surface area contributed by atoms with E-state index in [4.69, 9.17) is 5.73 Å². The SMILES string of the molecule is CC(CN)C(=O)N1CCC(NS(=O)(=O)c2ccc(F)cc2)CC1.Cl. The zero-order valence-corrected chi connectivity index (χ0v) is 15.1. The maximum Gasteiger partial charge on any atom is 0.240 e. The Labute approximate surface area is 148 Å². The van der Waals surface area contributed by atoms with E-state index in [1.54, 1.807) is 11.8 Å². The Morgan fingerprint density at radius 2 is 1.88 bits per heavy atom. The topological polar surface area (TPSA) is 92.5 Å². The van der Waals surface area contributed by atoms with Crippen LogP contribution in [0, 0.1) is 11.7 Å². The molecule has 1 heterocycles. The third-order valence-electron chi connectivity index (χ3n) is 4.03. The number of sulfonamides is 1. The Morgan fingerprint density at radius 1 is 1.33 bits per heavy atom. The first kappa shape index (κ1) is 20.8. The van der Waals surface area contributed by atoms with Crippen LogP contribution in [0.15, 0.2) is 29.2 Å². The number of nitrogens with two attached hydrogens (primary N) is 1. The molecule has 2 rings (SSSR count). The molecule has 1 amide bonds. The van der Waals surface area contributed by atoms with Gasteiger partial charge < -0.3 is 10.6 Å². The molecular formula is C15H23ClFN3O3S. The minimum Gasteiger partial charge on any atom is -0.342 e. The van der Waals surface area contributed by atoms with Gasteiger partial charge in [-0.1, -0.05) is 6.92 Å². The fourth-order valence-electron chi connectivity index (χ4n) is 2.53. The third-order valence-corrected chi connectivity index (χ3v) is 5.56. The molecule has 1 atom stereocenters. The second-order valence-electron chi connectivity index (χ2n) is 5.81. The summed E-state index contributed by atoms with van der Waals surface area (Å²) in [5, 5.41) is 0. The van der Waals surface area contributed by atoms with Crippen LogP contribution in [-0.2, 0) is 14.8 Å². The number of piperidine rings is 1. The number of rotatable bonds is 5. The number of nitrogens with zero attached hydrogens (tertiary/aromatic N) is 1. The van der Waals surface area contributed by atoms with E-state index in [-0.39, 0.29) is 35.2 Å². The van der Waals surface area contributed by atoms with Crippen LogP contribution in [0.25, 0.3) is 0 Å². The number of carbonyl (C=O) groups is 1. The summed E-state index contributed by atoms with van der Waals surface area (Å²) >= 11 is 0. The summed E-state index contributed by atoms with van der Waals surface area (Å²) in [7, 11) is -3.68. The fraction of sp³-hybridized carbons (Fsp3) is 0.533. The Hall–Kier alpha value is -1.22. The molecule has 9 heteroatoms. The molecule has 0 aliphatic carbocycles. The highest BCUT2D eigenvalue weighted by Gasteiger charge is 2.28. The van der Waals surface area contributed by atoms with Crippen LogP contribution in [-0.4, -0.2) is 44.9 Å². The van der Waals surface area contributed by atoms with Crippen molar-refractivity contribution >= 4 is 28.3 Å². The van der Waals surface area contributed by atoms with Crippen LogP contribution in [0.5, 0.6) is 0 Å². The monoisotopic (exact) mass is 379 g/mol. The van der Waals surface area contributed by atoms with Crippen molar-refractivity contribution in [2.75, 3.05) is 19.6 Å². The smallest absolute Gasteiger partial charge is 0.240 e. The first-order chi connectivity index (χ1) is 10.8. The summed E-state index contributed by atoms with van der Waals surface area (Å²) < 4.78 is 40.0. The van der Waals surface area contributed by atoms with Crippen molar-refractivity contribution in [1.82, 2.24) is 9.62 Å². The fourth-order valence-corrected chi connectivity index (χ4v) is 3.84.